The van der Waals surface area contributed by atoms with Gasteiger partial charge in [0.2, 0.25) is 5.91 Å². The number of hydrogen-bond acceptors (Lipinski definition) is 3. The van der Waals surface area contributed by atoms with Crippen molar-refractivity contribution in [2.45, 2.75) is 424 Å². The fraction of sp³-hybridized carbons (Fsp3) is 0.931. The maximum Gasteiger partial charge on any atom is 0.220 e. The van der Waals surface area contributed by atoms with Gasteiger partial charge in [0.1, 0.15) is 0 Å². The van der Waals surface area contributed by atoms with E-state index in [4.69, 9.17) is 0 Å². The first-order chi connectivity index (χ1) is 37.7. The zero-order valence-electron chi connectivity index (χ0n) is 52.3. The topological polar surface area (TPSA) is 69.6 Å². The standard InChI is InChI=1S/C72H141NO3/c1-3-5-7-9-11-13-15-17-19-21-23-25-27-29-31-33-34-35-36-37-38-40-42-44-46-48-50-52-54-56-58-60-62-64-66-68-72(76)73-70(69-74)71(75)67-65-63-61-59-57-55-53-51-49-47-45-43-41-39-32-30-28-26-24-22-20-18-16-14-12-10-8-6-4-2/h21,23,65,67,70-71,74-75H,3-20,22,24-64,66,68-69H2,1-2H3,(H,73,76)/b23-21-,67-65+. The zero-order valence-corrected chi connectivity index (χ0v) is 52.3. The lowest BCUT2D eigenvalue weighted by Gasteiger charge is -2.20. The van der Waals surface area contributed by atoms with E-state index in [0.717, 1.165) is 25.7 Å². The van der Waals surface area contributed by atoms with Gasteiger partial charge in [0, 0.05) is 6.42 Å². The van der Waals surface area contributed by atoms with Gasteiger partial charge in [-0.05, 0) is 44.9 Å². The molecule has 0 aliphatic rings. The van der Waals surface area contributed by atoms with E-state index < -0.39 is 12.1 Å². The first-order valence-corrected chi connectivity index (χ1v) is 35.6. The Labute approximate surface area is 479 Å². The van der Waals surface area contributed by atoms with Crippen LogP contribution in [0.2, 0.25) is 0 Å². The molecule has 0 aromatic carbocycles. The molecule has 2 unspecified atom stereocenters. The van der Waals surface area contributed by atoms with E-state index in [2.05, 4.69) is 31.3 Å². The maximum atomic E-state index is 12.5. The van der Waals surface area contributed by atoms with Gasteiger partial charge in [0.05, 0.1) is 18.8 Å². The predicted octanol–water partition coefficient (Wildman–Crippen LogP) is 24.2. The molecule has 0 saturated heterocycles. The van der Waals surface area contributed by atoms with E-state index in [0.29, 0.717) is 6.42 Å². The number of amides is 1. The van der Waals surface area contributed by atoms with Crippen LogP contribution in [0.5, 0.6) is 0 Å². The van der Waals surface area contributed by atoms with Crippen LogP contribution in [0.15, 0.2) is 24.3 Å². The van der Waals surface area contributed by atoms with Crippen molar-refractivity contribution in [3.63, 3.8) is 0 Å². The first-order valence-electron chi connectivity index (χ1n) is 35.6. The lowest BCUT2D eigenvalue weighted by Crippen LogP contribution is -2.45. The van der Waals surface area contributed by atoms with Gasteiger partial charge in [0.25, 0.3) is 0 Å². The van der Waals surface area contributed by atoms with Gasteiger partial charge in [-0.3, -0.25) is 4.79 Å². The van der Waals surface area contributed by atoms with E-state index in [9.17, 15) is 15.0 Å². The summed E-state index contributed by atoms with van der Waals surface area (Å²) in [4.78, 5) is 12.5. The van der Waals surface area contributed by atoms with Crippen LogP contribution in [0.1, 0.15) is 412 Å². The molecule has 0 aromatic rings. The third kappa shape index (κ3) is 63.7. The molecule has 0 radical (unpaired) electrons. The van der Waals surface area contributed by atoms with E-state index in [1.165, 1.54) is 366 Å². The Bertz CT molecular complexity index is 1120. The molecule has 3 N–H and O–H groups in total. The Morgan fingerprint density at radius 1 is 0.303 bits per heavy atom. The normalized spacial score (nSPS) is 12.7. The second-order valence-corrected chi connectivity index (χ2v) is 24.7. The van der Waals surface area contributed by atoms with Gasteiger partial charge in [-0.1, -0.05) is 385 Å². The number of allylic oxidation sites excluding steroid dienone is 3. The van der Waals surface area contributed by atoms with Gasteiger partial charge in [-0.25, -0.2) is 0 Å². The van der Waals surface area contributed by atoms with Crippen molar-refractivity contribution >= 4 is 5.91 Å². The molecule has 0 saturated carbocycles. The molecule has 2 atom stereocenters. The highest BCUT2D eigenvalue weighted by atomic mass is 16.3. The highest BCUT2D eigenvalue weighted by Crippen LogP contribution is 2.19. The summed E-state index contributed by atoms with van der Waals surface area (Å²) in [6.45, 7) is 4.36. The van der Waals surface area contributed by atoms with Crippen LogP contribution in [0.4, 0.5) is 0 Å². The summed E-state index contributed by atoms with van der Waals surface area (Å²) >= 11 is 0. The van der Waals surface area contributed by atoms with Crippen molar-refractivity contribution in [3.05, 3.63) is 24.3 Å². The fourth-order valence-electron chi connectivity index (χ4n) is 11.5. The first kappa shape index (κ1) is 74.9. The van der Waals surface area contributed by atoms with Crippen molar-refractivity contribution in [2.75, 3.05) is 6.61 Å². The smallest absolute Gasteiger partial charge is 0.220 e. The van der Waals surface area contributed by atoms with E-state index in [1.54, 1.807) is 6.08 Å². The molecule has 0 aliphatic carbocycles. The Morgan fingerprint density at radius 3 is 0.724 bits per heavy atom. The van der Waals surface area contributed by atoms with Gasteiger partial charge in [0.15, 0.2) is 0 Å². The molecule has 0 fully saturated rings. The van der Waals surface area contributed by atoms with Gasteiger partial charge in [-0.2, -0.15) is 0 Å². The number of unbranched alkanes of at least 4 members (excludes halogenated alkanes) is 58. The lowest BCUT2D eigenvalue weighted by atomic mass is 10.0. The third-order valence-electron chi connectivity index (χ3n) is 16.9. The quantitative estimate of drug-likeness (QED) is 0.0420. The molecule has 4 nitrogen and oxygen atoms in total. The van der Waals surface area contributed by atoms with Crippen molar-refractivity contribution in [3.8, 4) is 0 Å². The zero-order chi connectivity index (χ0) is 54.8. The van der Waals surface area contributed by atoms with Crippen LogP contribution >= 0.6 is 0 Å². The molecular formula is C72H141NO3. The summed E-state index contributed by atoms with van der Waals surface area (Å²) < 4.78 is 0. The molecule has 0 bridgehead atoms. The van der Waals surface area contributed by atoms with E-state index >= 15 is 0 Å². The molecule has 0 aromatic heterocycles. The highest BCUT2D eigenvalue weighted by Gasteiger charge is 2.18. The second kappa shape index (κ2) is 68.1. The van der Waals surface area contributed by atoms with Gasteiger partial charge >= 0.3 is 0 Å². The predicted molar refractivity (Wildman–Crippen MR) is 341 cm³/mol. The van der Waals surface area contributed by atoms with Gasteiger partial charge in [-0.15, -0.1) is 0 Å². The van der Waals surface area contributed by atoms with Crippen molar-refractivity contribution in [1.82, 2.24) is 5.32 Å². The molecule has 0 rings (SSSR count). The summed E-state index contributed by atoms with van der Waals surface area (Å²) in [6, 6.07) is -0.621. The lowest BCUT2D eigenvalue weighted by molar-refractivity contribution is -0.123. The molecule has 4 heteroatoms. The monoisotopic (exact) mass is 1070 g/mol. The number of aliphatic hydroxyl groups is 2. The molecule has 76 heavy (non-hydrogen) atoms. The van der Waals surface area contributed by atoms with Crippen LogP contribution in [-0.2, 0) is 4.79 Å². The van der Waals surface area contributed by atoms with Crippen LogP contribution in [0.25, 0.3) is 0 Å². The highest BCUT2D eigenvalue weighted by molar-refractivity contribution is 5.76. The Balaban J connectivity index is 3.40. The number of rotatable bonds is 67. The van der Waals surface area contributed by atoms with Crippen molar-refractivity contribution in [1.29, 1.82) is 0 Å². The summed E-state index contributed by atoms with van der Waals surface area (Å²) in [5.41, 5.74) is 0. The van der Waals surface area contributed by atoms with E-state index in [1.807, 2.05) is 6.08 Å². The molecule has 452 valence electrons. The van der Waals surface area contributed by atoms with Crippen LogP contribution in [-0.4, -0.2) is 34.9 Å². The number of aliphatic hydroxyl groups excluding tert-OH is 2. The Hall–Kier alpha value is -1.13. The minimum atomic E-state index is -0.838. The number of carbonyl (C=O) groups excluding carboxylic acids is 1. The minimum Gasteiger partial charge on any atom is -0.394 e. The van der Waals surface area contributed by atoms with Gasteiger partial charge < -0.3 is 15.5 Å². The third-order valence-corrected chi connectivity index (χ3v) is 16.9. The number of carbonyl (C=O) groups is 1. The molecule has 0 heterocycles. The summed E-state index contributed by atoms with van der Waals surface area (Å²) in [7, 11) is 0. The Morgan fingerprint density at radius 2 is 0.500 bits per heavy atom. The number of hydrogen-bond donors (Lipinski definition) is 3. The molecule has 1 amide bonds. The van der Waals surface area contributed by atoms with Crippen LogP contribution in [0, 0.1) is 0 Å². The van der Waals surface area contributed by atoms with Crippen molar-refractivity contribution < 1.29 is 15.0 Å². The maximum absolute atomic E-state index is 12.5. The minimum absolute atomic E-state index is 0.0540. The fourth-order valence-corrected chi connectivity index (χ4v) is 11.5. The average Bonchev–Trinajstić information content (AvgIpc) is 3.42. The van der Waals surface area contributed by atoms with Crippen LogP contribution < -0.4 is 5.32 Å². The Kier molecular flexibility index (Phi) is 67.1. The molecule has 0 aliphatic heterocycles. The van der Waals surface area contributed by atoms with Crippen molar-refractivity contribution in [2.24, 2.45) is 0 Å². The number of nitrogens with one attached hydrogen (secondary N) is 1. The van der Waals surface area contributed by atoms with Crippen LogP contribution in [0.3, 0.4) is 0 Å². The second-order valence-electron chi connectivity index (χ2n) is 24.7. The van der Waals surface area contributed by atoms with E-state index in [-0.39, 0.29) is 12.5 Å². The summed E-state index contributed by atoms with van der Waals surface area (Å²) in [5, 5.41) is 23.3. The summed E-state index contributed by atoms with van der Waals surface area (Å²) in [5.74, 6) is -0.0540. The SMILES string of the molecule is CCCCCCCCCC/C=C\CCCCCCCCCCCCCCCCCCCCCCCCCC(=O)NC(CO)C(O)/C=C/CCCCCCCCCCCCCCCCCCCCCCCCCCCCC. The largest absolute Gasteiger partial charge is 0.394 e. The average molecular weight is 1070 g/mol. The summed E-state index contributed by atoms with van der Waals surface area (Å²) in [6.07, 6.45) is 92.8. The molecule has 0 spiro atoms. The molecular weight excluding hydrogens is 927 g/mol.